The van der Waals surface area contributed by atoms with Gasteiger partial charge in [-0.15, -0.1) is 11.3 Å². The maximum atomic E-state index is 12.0. The summed E-state index contributed by atoms with van der Waals surface area (Å²) in [4.78, 5) is 25.3. The zero-order valence-corrected chi connectivity index (χ0v) is 13.7. The summed E-state index contributed by atoms with van der Waals surface area (Å²) in [6.07, 6.45) is 1.90. The fourth-order valence-electron chi connectivity index (χ4n) is 1.71. The summed E-state index contributed by atoms with van der Waals surface area (Å²) in [5, 5.41) is 8.80. The number of aryl methyl sites for hydroxylation is 1. The van der Waals surface area contributed by atoms with E-state index in [0.717, 1.165) is 16.6 Å². The Bertz CT molecular complexity index is 449. The molecule has 112 valence electrons. The summed E-state index contributed by atoms with van der Waals surface area (Å²) in [6, 6.07) is 4.01. The van der Waals surface area contributed by atoms with E-state index in [4.69, 9.17) is 9.84 Å². The molecular formula is C13H18BrNO4S. The minimum Gasteiger partial charge on any atom is -0.480 e. The first-order valence-corrected chi connectivity index (χ1v) is 7.86. The van der Waals surface area contributed by atoms with Crippen LogP contribution in [-0.2, 0) is 20.7 Å². The predicted molar refractivity (Wildman–Crippen MR) is 81.0 cm³/mol. The van der Waals surface area contributed by atoms with E-state index in [9.17, 15) is 9.59 Å². The van der Waals surface area contributed by atoms with Crippen molar-refractivity contribution in [3.05, 3.63) is 20.8 Å². The molecule has 5 nitrogen and oxygen atoms in total. The number of methoxy groups -OCH3 is 1. The number of carbonyl (C=O) groups excluding carboxylic acids is 1. The average molecular weight is 364 g/mol. The normalized spacial score (nSPS) is 10.5. The zero-order chi connectivity index (χ0) is 15.0. The number of hydrogen-bond acceptors (Lipinski definition) is 4. The molecule has 1 N–H and O–H groups in total. The maximum Gasteiger partial charge on any atom is 0.323 e. The molecule has 0 bridgehead atoms. The minimum atomic E-state index is -1.00. The highest BCUT2D eigenvalue weighted by molar-refractivity contribution is 9.11. The Morgan fingerprint density at radius 2 is 2.20 bits per heavy atom. The molecule has 0 radical (unpaired) electrons. The number of hydrogen-bond donors (Lipinski definition) is 1. The van der Waals surface area contributed by atoms with Crippen molar-refractivity contribution in [3.63, 3.8) is 0 Å². The van der Waals surface area contributed by atoms with Crippen molar-refractivity contribution in [2.24, 2.45) is 0 Å². The van der Waals surface area contributed by atoms with Gasteiger partial charge in [-0.2, -0.15) is 0 Å². The topological polar surface area (TPSA) is 66.8 Å². The van der Waals surface area contributed by atoms with Crippen molar-refractivity contribution in [3.8, 4) is 0 Å². The SMILES string of the molecule is COCCN(CC(=O)O)C(=O)CCCc1ccc(Br)s1. The van der Waals surface area contributed by atoms with Crippen molar-refractivity contribution in [2.45, 2.75) is 19.3 Å². The smallest absolute Gasteiger partial charge is 0.323 e. The van der Waals surface area contributed by atoms with Gasteiger partial charge in [-0.1, -0.05) is 0 Å². The number of nitrogens with zero attached hydrogens (tertiary/aromatic N) is 1. The Hall–Kier alpha value is -0.920. The fraction of sp³-hybridized carbons (Fsp3) is 0.538. The number of carboxylic acids is 1. The van der Waals surface area contributed by atoms with Crippen LogP contribution in [0.2, 0.25) is 0 Å². The number of thiophene rings is 1. The summed E-state index contributed by atoms with van der Waals surface area (Å²) in [7, 11) is 1.53. The second kappa shape index (κ2) is 9.10. The lowest BCUT2D eigenvalue weighted by molar-refractivity contribution is -0.144. The maximum absolute atomic E-state index is 12.0. The van der Waals surface area contributed by atoms with E-state index in [1.54, 1.807) is 11.3 Å². The molecule has 1 aromatic heterocycles. The number of carbonyl (C=O) groups is 2. The highest BCUT2D eigenvalue weighted by Gasteiger charge is 2.16. The van der Waals surface area contributed by atoms with E-state index in [1.165, 1.54) is 16.9 Å². The van der Waals surface area contributed by atoms with Gasteiger partial charge in [0.05, 0.1) is 10.4 Å². The van der Waals surface area contributed by atoms with Crippen LogP contribution in [0.15, 0.2) is 15.9 Å². The van der Waals surface area contributed by atoms with Gasteiger partial charge in [-0.3, -0.25) is 9.59 Å². The Balaban J connectivity index is 2.38. The van der Waals surface area contributed by atoms with Crippen LogP contribution in [0.4, 0.5) is 0 Å². The lowest BCUT2D eigenvalue weighted by atomic mass is 10.2. The van der Waals surface area contributed by atoms with Gasteiger partial charge in [0.1, 0.15) is 6.54 Å². The molecule has 0 saturated heterocycles. The fourth-order valence-corrected chi connectivity index (χ4v) is 3.24. The van der Waals surface area contributed by atoms with Gasteiger partial charge in [-0.25, -0.2) is 0 Å². The average Bonchev–Trinajstić information content (AvgIpc) is 2.79. The van der Waals surface area contributed by atoms with Crippen LogP contribution >= 0.6 is 27.3 Å². The first kappa shape index (κ1) is 17.1. The van der Waals surface area contributed by atoms with Crippen LogP contribution < -0.4 is 0 Å². The van der Waals surface area contributed by atoms with E-state index < -0.39 is 5.97 Å². The zero-order valence-electron chi connectivity index (χ0n) is 11.3. The standard InChI is InChI=1S/C13H18BrNO4S/c1-19-8-7-15(9-13(17)18)12(16)4-2-3-10-5-6-11(14)20-10/h5-6H,2-4,7-9H2,1H3,(H,17,18). The van der Waals surface area contributed by atoms with Gasteiger partial charge >= 0.3 is 5.97 Å². The van der Waals surface area contributed by atoms with Crippen LogP contribution in [-0.4, -0.2) is 48.7 Å². The molecule has 0 saturated carbocycles. The van der Waals surface area contributed by atoms with Crippen molar-refractivity contribution in [1.82, 2.24) is 4.90 Å². The van der Waals surface area contributed by atoms with Crippen LogP contribution in [0.25, 0.3) is 0 Å². The highest BCUT2D eigenvalue weighted by atomic mass is 79.9. The summed E-state index contributed by atoms with van der Waals surface area (Å²) in [5.41, 5.74) is 0. The minimum absolute atomic E-state index is 0.139. The van der Waals surface area contributed by atoms with Gasteiger partial charge in [0.15, 0.2) is 0 Å². The molecular weight excluding hydrogens is 346 g/mol. The van der Waals surface area contributed by atoms with Crippen LogP contribution in [0.1, 0.15) is 17.7 Å². The third kappa shape index (κ3) is 6.49. The molecule has 1 rings (SSSR count). The van der Waals surface area contributed by atoms with Gasteiger partial charge in [0.25, 0.3) is 0 Å². The van der Waals surface area contributed by atoms with E-state index in [2.05, 4.69) is 15.9 Å². The molecule has 0 aliphatic carbocycles. The number of aliphatic carboxylic acids is 1. The monoisotopic (exact) mass is 363 g/mol. The summed E-state index contributed by atoms with van der Waals surface area (Å²) in [6.45, 7) is 0.385. The second-order valence-electron chi connectivity index (χ2n) is 4.26. The predicted octanol–water partition coefficient (Wildman–Crippen LogP) is 2.39. The molecule has 0 aliphatic rings. The lowest BCUT2D eigenvalue weighted by Gasteiger charge is -2.20. The van der Waals surface area contributed by atoms with Crippen LogP contribution in [0.3, 0.4) is 0 Å². The molecule has 7 heteroatoms. The van der Waals surface area contributed by atoms with Crippen LogP contribution in [0, 0.1) is 0 Å². The van der Waals surface area contributed by atoms with Gasteiger partial charge < -0.3 is 14.7 Å². The lowest BCUT2D eigenvalue weighted by Crippen LogP contribution is -2.37. The van der Waals surface area contributed by atoms with Crippen molar-refractivity contribution in [2.75, 3.05) is 26.8 Å². The highest BCUT2D eigenvalue weighted by Crippen LogP contribution is 2.23. The molecule has 20 heavy (non-hydrogen) atoms. The summed E-state index contributed by atoms with van der Waals surface area (Å²) >= 11 is 5.05. The van der Waals surface area contributed by atoms with Crippen molar-refractivity contribution >= 4 is 39.1 Å². The number of ether oxygens (including phenoxy) is 1. The Morgan fingerprint density at radius 1 is 1.45 bits per heavy atom. The number of rotatable bonds is 9. The Labute approximate surface area is 130 Å². The number of halogens is 1. The van der Waals surface area contributed by atoms with E-state index in [1.807, 2.05) is 12.1 Å². The molecule has 0 atom stereocenters. The largest absolute Gasteiger partial charge is 0.480 e. The Kier molecular flexibility index (Phi) is 7.79. The molecule has 0 aromatic carbocycles. The molecule has 1 aromatic rings. The third-order valence-electron chi connectivity index (χ3n) is 2.69. The van der Waals surface area contributed by atoms with Crippen molar-refractivity contribution in [1.29, 1.82) is 0 Å². The van der Waals surface area contributed by atoms with Crippen LogP contribution in [0.5, 0.6) is 0 Å². The van der Waals surface area contributed by atoms with Crippen molar-refractivity contribution < 1.29 is 19.4 Å². The summed E-state index contributed by atoms with van der Waals surface area (Å²) in [5.74, 6) is -1.14. The van der Waals surface area contributed by atoms with Gasteiger partial charge in [-0.05, 0) is 40.9 Å². The molecule has 1 heterocycles. The molecule has 0 aliphatic heterocycles. The number of carboxylic acid groups (broad SMARTS) is 1. The summed E-state index contributed by atoms with van der Waals surface area (Å²) < 4.78 is 5.97. The first-order chi connectivity index (χ1) is 9.52. The third-order valence-corrected chi connectivity index (χ3v) is 4.37. The second-order valence-corrected chi connectivity index (χ2v) is 6.81. The molecule has 1 amide bonds. The van der Waals surface area contributed by atoms with E-state index in [0.29, 0.717) is 19.6 Å². The quantitative estimate of drug-likeness (QED) is 0.731. The first-order valence-electron chi connectivity index (χ1n) is 6.25. The molecule has 0 unspecified atom stereocenters. The molecule has 0 spiro atoms. The van der Waals surface area contributed by atoms with E-state index >= 15 is 0 Å². The van der Waals surface area contributed by atoms with Gasteiger partial charge in [0, 0.05) is 25.0 Å². The van der Waals surface area contributed by atoms with E-state index in [-0.39, 0.29) is 12.5 Å². The molecule has 0 fully saturated rings. The van der Waals surface area contributed by atoms with Gasteiger partial charge in [0.2, 0.25) is 5.91 Å². The Morgan fingerprint density at radius 3 is 2.75 bits per heavy atom. The number of amides is 1.